The quantitative estimate of drug-likeness (QED) is 0.908. The van der Waals surface area contributed by atoms with Crippen molar-refractivity contribution in [1.82, 2.24) is 4.31 Å². The third kappa shape index (κ3) is 3.22. The molecule has 1 aromatic carbocycles. The van der Waals surface area contributed by atoms with Crippen molar-refractivity contribution in [3.63, 3.8) is 0 Å². The molecule has 0 bridgehead atoms. The lowest BCUT2D eigenvalue weighted by molar-refractivity contribution is 0.0695. The van der Waals surface area contributed by atoms with Gasteiger partial charge in [0.25, 0.3) is 0 Å². The van der Waals surface area contributed by atoms with Crippen LogP contribution >= 0.6 is 0 Å². The Hall–Kier alpha value is -1.40. The fourth-order valence-corrected chi connectivity index (χ4v) is 5.89. The fourth-order valence-electron chi connectivity index (χ4n) is 4.13. The van der Waals surface area contributed by atoms with Crippen LogP contribution in [-0.2, 0) is 22.9 Å². The highest BCUT2D eigenvalue weighted by molar-refractivity contribution is 7.89. The maximum Gasteiger partial charge on any atom is 0.336 e. The van der Waals surface area contributed by atoms with E-state index < -0.39 is 16.0 Å². The van der Waals surface area contributed by atoms with Crippen molar-refractivity contribution < 1.29 is 18.3 Å². The lowest BCUT2D eigenvalue weighted by atomic mass is 9.88. The zero-order chi connectivity index (χ0) is 17.5. The molecular weight excluding hydrogens is 326 g/mol. The van der Waals surface area contributed by atoms with E-state index in [1.807, 2.05) is 0 Å². The van der Waals surface area contributed by atoms with Gasteiger partial charge in [0, 0.05) is 13.1 Å². The average Bonchev–Trinajstić information content (AvgIpc) is 2.52. The fraction of sp³-hybridized carbons (Fsp3) is 0.611. The first-order valence-electron chi connectivity index (χ1n) is 8.68. The highest BCUT2D eigenvalue weighted by Crippen LogP contribution is 2.31. The number of carbonyl (C=O) groups is 1. The number of piperidine rings is 1. The molecule has 1 heterocycles. The van der Waals surface area contributed by atoms with E-state index in [-0.39, 0.29) is 10.5 Å². The molecule has 0 spiro atoms. The van der Waals surface area contributed by atoms with Crippen molar-refractivity contribution in [3.8, 4) is 0 Å². The molecule has 1 fully saturated rings. The predicted molar refractivity (Wildman–Crippen MR) is 91.7 cm³/mol. The van der Waals surface area contributed by atoms with Crippen LogP contribution in [0.5, 0.6) is 0 Å². The van der Waals surface area contributed by atoms with Crippen LogP contribution in [0.3, 0.4) is 0 Å². The summed E-state index contributed by atoms with van der Waals surface area (Å²) >= 11 is 0. The molecular formula is C18H25NO4S. The van der Waals surface area contributed by atoms with Crippen molar-refractivity contribution in [2.24, 2.45) is 11.8 Å². The van der Waals surface area contributed by atoms with Gasteiger partial charge in [-0.05, 0) is 67.2 Å². The third-order valence-corrected chi connectivity index (χ3v) is 6.95. The molecule has 1 N–H and O–H groups in total. The second-order valence-corrected chi connectivity index (χ2v) is 9.33. The van der Waals surface area contributed by atoms with E-state index in [2.05, 4.69) is 13.8 Å². The molecule has 3 rings (SSSR count). The Bertz CT molecular complexity index is 747. The predicted octanol–water partition coefficient (Wildman–Crippen LogP) is 2.93. The van der Waals surface area contributed by atoms with Crippen molar-refractivity contribution in [3.05, 3.63) is 28.8 Å². The summed E-state index contributed by atoms with van der Waals surface area (Å²) in [6.07, 6.45) is 4.44. The van der Waals surface area contributed by atoms with E-state index in [0.717, 1.165) is 43.2 Å². The Morgan fingerprint density at radius 2 is 1.75 bits per heavy atom. The largest absolute Gasteiger partial charge is 0.478 e. The van der Waals surface area contributed by atoms with Gasteiger partial charge in [-0.2, -0.15) is 4.31 Å². The number of sulfonamides is 1. The number of nitrogens with zero attached hydrogens (tertiary/aromatic N) is 1. The molecule has 24 heavy (non-hydrogen) atoms. The summed E-state index contributed by atoms with van der Waals surface area (Å²) in [5.74, 6) is -0.397. The van der Waals surface area contributed by atoms with Gasteiger partial charge in [0.1, 0.15) is 0 Å². The van der Waals surface area contributed by atoms with Gasteiger partial charge in [-0.3, -0.25) is 0 Å². The Balaban J connectivity index is 2.04. The Labute approximate surface area is 143 Å². The number of carboxylic acid groups (broad SMARTS) is 1. The van der Waals surface area contributed by atoms with Crippen LogP contribution in [0.25, 0.3) is 0 Å². The molecule has 1 saturated heterocycles. The van der Waals surface area contributed by atoms with Crippen LogP contribution in [0.1, 0.15) is 54.6 Å². The van der Waals surface area contributed by atoms with Crippen molar-refractivity contribution >= 4 is 16.0 Å². The Kier molecular flexibility index (Phi) is 4.71. The number of hydrogen-bond acceptors (Lipinski definition) is 3. The molecule has 0 unspecified atom stereocenters. The van der Waals surface area contributed by atoms with Crippen LogP contribution in [0, 0.1) is 11.8 Å². The smallest absolute Gasteiger partial charge is 0.336 e. The van der Waals surface area contributed by atoms with Gasteiger partial charge in [0.2, 0.25) is 10.0 Å². The maximum atomic E-state index is 13.1. The Morgan fingerprint density at radius 1 is 1.12 bits per heavy atom. The minimum absolute atomic E-state index is 0.141. The number of benzene rings is 1. The average molecular weight is 351 g/mol. The molecule has 0 amide bonds. The molecule has 1 aromatic rings. The van der Waals surface area contributed by atoms with E-state index in [0.29, 0.717) is 24.9 Å². The second kappa shape index (κ2) is 6.48. The summed E-state index contributed by atoms with van der Waals surface area (Å²) in [5, 5.41) is 9.52. The normalized spacial score (nSPS) is 25.2. The number of rotatable bonds is 3. The summed E-state index contributed by atoms with van der Waals surface area (Å²) in [5.41, 5.74) is 1.86. The zero-order valence-corrected chi connectivity index (χ0v) is 15.1. The molecule has 2 atom stereocenters. The van der Waals surface area contributed by atoms with Crippen LogP contribution < -0.4 is 0 Å². The van der Waals surface area contributed by atoms with Crippen molar-refractivity contribution in [2.75, 3.05) is 13.1 Å². The molecule has 132 valence electrons. The lowest BCUT2D eigenvalue weighted by Gasteiger charge is -2.34. The molecule has 2 aliphatic rings. The molecule has 1 aliphatic heterocycles. The van der Waals surface area contributed by atoms with Crippen molar-refractivity contribution in [2.45, 2.75) is 50.8 Å². The number of carboxylic acids is 1. The van der Waals surface area contributed by atoms with Crippen LogP contribution in [0.15, 0.2) is 17.0 Å². The number of aryl methyl sites for hydroxylation is 1. The van der Waals surface area contributed by atoms with E-state index >= 15 is 0 Å². The standard InChI is InChI=1S/C18H25NO4S/c1-12-7-13(2)11-19(10-12)24(22,23)15-8-14-5-3-4-6-16(14)17(9-15)18(20)21/h8-9,12-13H,3-7,10-11H2,1-2H3,(H,20,21)/t12-,13+. The van der Waals surface area contributed by atoms with Gasteiger partial charge in [-0.25, -0.2) is 13.2 Å². The van der Waals surface area contributed by atoms with E-state index in [9.17, 15) is 18.3 Å². The highest BCUT2D eigenvalue weighted by Gasteiger charge is 2.33. The van der Waals surface area contributed by atoms with Crippen LogP contribution in [0.2, 0.25) is 0 Å². The topological polar surface area (TPSA) is 74.7 Å². The first-order valence-corrected chi connectivity index (χ1v) is 10.1. The number of aromatic carboxylic acids is 1. The maximum absolute atomic E-state index is 13.1. The van der Waals surface area contributed by atoms with E-state index in [4.69, 9.17) is 0 Å². The molecule has 6 heteroatoms. The van der Waals surface area contributed by atoms with Gasteiger partial charge in [-0.15, -0.1) is 0 Å². The molecule has 0 saturated carbocycles. The summed E-state index contributed by atoms with van der Waals surface area (Å²) in [6, 6.07) is 3.08. The second-order valence-electron chi connectivity index (χ2n) is 7.39. The SMILES string of the molecule is C[C@@H]1C[C@H](C)CN(S(=O)(=O)c2cc3c(c(C(=O)O)c2)CCCC3)C1. The van der Waals surface area contributed by atoms with Gasteiger partial charge < -0.3 is 5.11 Å². The molecule has 0 radical (unpaired) electrons. The zero-order valence-electron chi connectivity index (χ0n) is 14.3. The third-order valence-electron chi connectivity index (χ3n) is 5.14. The number of fused-ring (bicyclic) bond motifs is 1. The monoisotopic (exact) mass is 351 g/mol. The highest BCUT2D eigenvalue weighted by atomic mass is 32.2. The summed E-state index contributed by atoms with van der Waals surface area (Å²) < 4.78 is 27.7. The molecule has 5 nitrogen and oxygen atoms in total. The van der Waals surface area contributed by atoms with Gasteiger partial charge in [0.05, 0.1) is 10.5 Å². The minimum Gasteiger partial charge on any atom is -0.478 e. The summed E-state index contributed by atoms with van der Waals surface area (Å²) in [6.45, 7) is 5.14. The number of hydrogen-bond donors (Lipinski definition) is 1. The van der Waals surface area contributed by atoms with Gasteiger partial charge in [-0.1, -0.05) is 13.8 Å². The van der Waals surface area contributed by atoms with Crippen LogP contribution in [-0.4, -0.2) is 36.9 Å². The van der Waals surface area contributed by atoms with E-state index in [1.165, 1.54) is 10.4 Å². The van der Waals surface area contributed by atoms with Gasteiger partial charge >= 0.3 is 5.97 Å². The summed E-state index contributed by atoms with van der Waals surface area (Å²) in [7, 11) is -3.65. The first kappa shape index (κ1) is 17.4. The first-order chi connectivity index (χ1) is 11.3. The molecule has 0 aromatic heterocycles. The Morgan fingerprint density at radius 3 is 2.38 bits per heavy atom. The van der Waals surface area contributed by atoms with Crippen LogP contribution in [0.4, 0.5) is 0 Å². The lowest BCUT2D eigenvalue weighted by Crippen LogP contribution is -2.42. The van der Waals surface area contributed by atoms with Crippen molar-refractivity contribution in [1.29, 1.82) is 0 Å². The van der Waals surface area contributed by atoms with Gasteiger partial charge in [0.15, 0.2) is 0 Å². The molecule has 1 aliphatic carbocycles. The van der Waals surface area contributed by atoms with E-state index in [1.54, 1.807) is 6.07 Å². The minimum atomic E-state index is -3.65. The summed E-state index contributed by atoms with van der Waals surface area (Å²) in [4.78, 5) is 11.8.